The minimum absolute atomic E-state index is 0.614. The van der Waals surface area contributed by atoms with Gasteiger partial charge in [0.05, 0.1) is 0 Å². The number of hydrogen-bond acceptors (Lipinski definition) is 4. The molecule has 0 aliphatic heterocycles. The first-order chi connectivity index (χ1) is 6.72. The molecule has 0 aliphatic carbocycles. The van der Waals surface area contributed by atoms with Gasteiger partial charge in [-0.25, -0.2) is 0 Å². The molecular weight excluding hydrogens is 176 g/mol. The van der Waals surface area contributed by atoms with Crippen molar-refractivity contribution in [3.05, 3.63) is 0 Å². The van der Waals surface area contributed by atoms with Crippen molar-refractivity contribution in [1.82, 2.24) is 15.5 Å². The predicted molar refractivity (Wildman–Crippen MR) is 62.6 cm³/mol. The van der Waals surface area contributed by atoms with Gasteiger partial charge in [0, 0.05) is 45.3 Å². The van der Waals surface area contributed by atoms with Crippen LogP contribution in [-0.4, -0.2) is 57.3 Å². The van der Waals surface area contributed by atoms with Gasteiger partial charge in [-0.2, -0.15) is 0 Å². The van der Waals surface area contributed by atoms with Gasteiger partial charge in [0.15, 0.2) is 0 Å². The zero-order valence-electron chi connectivity index (χ0n) is 9.84. The van der Waals surface area contributed by atoms with Crippen LogP contribution in [-0.2, 0) is 0 Å². The molecule has 0 heterocycles. The molecule has 0 saturated carbocycles. The van der Waals surface area contributed by atoms with Crippen molar-refractivity contribution in [3.63, 3.8) is 0 Å². The number of nitrogens with one attached hydrogen (secondary N) is 2. The van der Waals surface area contributed by atoms with Crippen LogP contribution in [0.3, 0.4) is 0 Å². The lowest BCUT2D eigenvalue weighted by Gasteiger charge is -2.26. The standard InChI is InChI=1S/C10H26N4/c1-10(2)14(8-6-12-3)9-7-13-5-4-11/h10,12-13H,4-9,11H2,1-3H3. The second-order valence-electron chi connectivity index (χ2n) is 3.77. The summed E-state index contributed by atoms with van der Waals surface area (Å²) in [5.74, 6) is 0. The van der Waals surface area contributed by atoms with E-state index in [-0.39, 0.29) is 0 Å². The van der Waals surface area contributed by atoms with E-state index in [9.17, 15) is 0 Å². The second-order valence-corrected chi connectivity index (χ2v) is 3.77. The van der Waals surface area contributed by atoms with Crippen molar-refractivity contribution in [3.8, 4) is 0 Å². The lowest BCUT2D eigenvalue weighted by atomic mass is 10.3. The summed E-state index contributed by atoms with van der Waals surface area (Å²) in [5.41, 5.74) is 5.40. The van der Waals surface area contributed by atoms with E-state index in [4.69, 9.17) is 5.73 Å². The molecule has 0 aliphatic rings. The number of rotatable bonds is 9. The Hall–Kier alpha value is -0.160. The fourth-order valence-electron chi connectivity index (χ4n) is 1.33. The van der Waals surface area contributed by atoms with Crippen LogP contribution in [0.15, 0.2) is 0 Å². The summed E-state index contributed by atoms with van der Waals surface area (Å²) in [4.78, 5) is 2.46. The van der Waals surface area contributed by atoms with Gasteiger partial charge in [-0.05, 0) is 20.9 Å². The third kappa shape index (κ3) is 7.26. The van der Waals surface area contributed by atoms with E-state index in [0.29, 0.717) is 6.04 Å². The third-order valence-electron chi connectivity index (χ3n) is 2.28. The van der Waals surface area contributed by atoms with E-state index in [1.165, 1.54) is 0 Å². The van der Waals surface area contributed by atoms with Crippen molar-refractivity contribution < 1.29 is 0 Å². The molecule has 0 aromatic heterocycles. The largest absolute Gasteiger partial charge is 0.329 e. The quantitative estimate of drug-likeness (QED) is 0.440. The summed E-state index contributed by atoms with van der Waals surface area (Å²) in [6.07, 6.45) is 0. The molecule has 0 fully saturated rings. The minimum Gasteiger partial charge on any atom is -0.329 e. The van der Waals surface area contributed by atoms with E-state index < -0.39 is 0 Å². The zero-order chi connectivity index (χ0) is 10.8. The van der Waals surface area contributed by atoms with E-state index in [2.05, 4.69) is 29.4 Å². The molecule has 0 unspecified atom stereocenters. The molecule has 0 atom stereocenters. The van der Waals surface area contributed by atoms with E-state index in [1.807, 2.05) is 7.05 Å². The predicted octanol–water partition coefficient (Wildman–Crippen LogP) is -0.535. The zero-order valence-corrected chi connectivity index (χ0v) is 9.84. The molecule has 0 bridgehead atoms. The molecule has 0 aromatic rings. The molecule has 86 valence electrons. The monoisotopic (exact) mass is 202 g/mol. The van der Waals surface area contributed by atoms with Crippen molar-refractivity contribution >= 4 is 0 Å². The van der Waals surface area contributed by atoms with Crippen LogP contribution in [0.1, 0.15) is 13.8 Å². The highest BCUT2D eigenvalue weighted by Crippen LogP contribution is 1.95. The van der Waals surface area contributed by atoms with Crippen molar-refractivity contribution in [2.75, 3.05) is 46.3 Å². The van der Waals surface area contributed by atoms with Gasteiger partial charge in [0.2, 0.25) is 0 Å². The Labute approximate surface area is 88.2 Å². The Kier molecular flexibility index (Phi) is 9.29. The van der Waals surface area contributed by atoms with Gasteiger partial charge in [0.1, 0.15) is 0 Å². The van der Waals surface area contributed by atoms with E-state index >= 15 is 0 Å². The smallest absolute Gasteiger partial charge is 0.0110 e. The Morgan fingerprint density at radius 3 is 2.29 bits per heavy atom. The molecular formula is C10H26N4. The minimum atomic E-state index is 0.614. The molecule has 0 amide bonds. The number of nitrogens with two attached hydrogens (primary N) is 1. The first-order valence-corrected chi connectivity index (χ1v) is 5.51. The van der Waals surface area contributed by atoms with Gasteiger partial charge < -0.3 is 16.4 Å². The first-order valence-electron chi connectivity index (χ1n) is 5.51. The summed E-state index contributed by atoms with van der Waals surface area (Å²) in [6.45, 7) is 10.4. The summed E-state index contributed by atoms with van der Waals surface area (Å²) in [5, 5.41) is 6.48. The van der Waals surface area contributed by atoms with Gasteiger partial charge in [0.25, 0.3) is 0 Å². The molecule has 4 nitrogen and oxygen atoms in total. The van der Waals surface area contributed by atoms with E-state index in [0.717, 1.165) is 39.3 Å². The molecule has 14 heavy (non-hydrogen) atoms. The maximum atomic E-state index is 5.40. The summed E-state index contributed by atoms with van der Waals surface area (Å²) < 4.78 is 0. The molecule has 0 aromatic carbocycles. The van der Waals surface area contributed by atoms with Crippen molar-refractivity contribution in [2.45, 2.75) is 19.9 Å². The van der Waals surface area contributed by atoms with Crippen LogP contribution in [0.25, 0.3) is 0 Å². The highest BCUT2D eigenvalue weighted by Gasteiger charge is 2.07. The Morgan fingerprint density at radius 2 is 1.79 bits per heavy atom. The maximum Gasteiger partial charge on any atom is 0.0110 e. The third-order valence-corrected chi connectivity index (χ3v) is 2.28. The maximum absolute atomic E-state index is 5.40. The highest BCUT2D eigenvalue weighted by molar-refractivity contribution is 4.65. The SMILES string of the molecule is CNCCN(CCNCCN)C(C)C. The average Bonchev–Trinajstić information content (AvgIpc) is 2.16. The number of nitrogens with zero attached hydrogens (tertiary/aromatic N) is 1. The van der Waals surface area contributed by atoms with Crippen LogP contribution < -0.4 is 16.4 Å². The van der Waals surface area contributed by atoms with Gasteiger partial charge in [-0.1, -0.05) is 0 Å². The molecule has 4 N–H and O–H groups in total. The van der Waals surface area contributed by atoms with Crippen LogP contribution in [0.4, 0.5) is 0 Å². The average molecular weight is 202 g/mol. The lowest BCUT2D eigenvalue weighted by molar-refractivity contribution is 0.224. The Balaban J connectivity index is 3.52. The Bertz CT molecular complexity index is 117. The lowest BCUT2D eigenvalue weighted by Crippen LogP contribution is -2.41. The normalized spacial score (nSPS) is 11.6. The fraction of sp³-hybridized carbons (Fsp3) is 1.00. The first kappa shape index (κ1) is 13.8. The summed E-state index contributed by atoms with van der Waals surface area (Å²) >= 11 is 0. The number of hydrogen-bond donors (Lipinski definition) is 3. The van der Waals surface area contributed by atoms with Crippen molar-refractivity contribution in [1.29, 1.82) is 0 Å². The molecule has 0 radical (unpaired) electrons. The van der Waals surface area contributed by atoms with Crippen molar-refractivity contribution in [2.24, 2.45) is 5.73 Å². The molecule has 4 heteroatoms. The second kappa shape index (κ2) is 9.40. The van der Waals surface area contributed by atoms with Crippen LogP contribution in [0.2, 0.25) is 0 Å². The van der Waals surface area contributed by atoms with Crippen LogP contribution in [0.5, 0.6) is 0 Å². The van der Waals surface area contributed by atoms with Crippen LogP contribution in [0, 0.1) is 0 Å². The topological polar surface area (TPSA) is 53.3 Å². The highest BCUT2D eigenvalue weighted by atomic mass is 15.2. The molecule has 0 rings (SSSR count). The van der Waals surface area contributed by atoms with Gasteiger partial charge in [-0.15, -0.1) is 0 Å². The summed E-state index contributed by atoms with van der Waals surface area (Å²) in [6, 6.07) is 0.614. The van der Waals surface area contributed by atoms with Crippen LogP contribution >= 0.6 is 0 Å². The number of likely N-dealkylation sites (N-methyl/N-ethyl adjacent to an activating group) is 1. The molecule has 0 spiro atoms. The summed E-state index contributed by atoms with van der Waals surface area (Å²) in [7, 11) is 1.99. The van der Waals surface area contributed by atoms with E-state index in [1.54, 1.807) is 0 Å². The molecule has 0 saturated heterocycles. The fourth-order valence-corrected chi connectivity index (χ4v) is 1.33. The van der Waals surface area contributed by atoms with Gasteiger partial charge >= 0.3 is 0 Å². The Morgan fingerprint density at radius 1 is 1.14 bits per heavy atom. The van der Waals surface area contributed by atoms with Gasteiger partial charge in [-0.3, -0.25) is 4.90 Å².